The molecule has 6 heteroatoms. The van der Waals surface area contributed by atoms with Gasteiger partial charge in [-0.1, -0.05) is 93.6 Å². The number of azo groups is 1. The average Bonchev–Trinajstić information content (AvgIpc) is 2.88. The molecule has 0 aliphatic heterocycles. The molecular formula is C29H29N2O3P. The van der Waals surface area contributed by atoms with Gasteiger partial charge in [0.2, 0.25) is 0 Å². The van der Waals surface area contributed by atoms with Crippen LogP contribution in [0.5, 0.6) is 5.75 Å². The topological polar surface area (TPSA) is 82.2 Å². The molecule has 4 aromatic rings. The van der Waals surface area contributed by atoms with Gasteiger partial charge in [0, 0.05) is 15.9 Å². The first-order chi connectivity index (χ1) is 16.7. The van der Waals surface area contributed by atoms with E-state index in [2.05, 4.69) is 31.0 Å². The second-order valence-corrected chi connectivity index (χ2v) is 12.1. The van der Waals surface area contributed by atoms with Crippen molar-refractivity contribution in [3.63, 3.8) is 0 Å². The minimum absolute atomic E-state index is 0.0325. The summed E-state index contributed by atoms with van der Waals surface area (Å²) in [4.78, 5) is 0. The Kier molecular flexibility index (Phi) is 7.02. The van der Waals surface area contributed by atoms with Gasteiger partial charge < -0.3 is 14.8 Å². The van der Waals surface area contributed by atoms with Crippen LogP contribution in [0.3, 0.4) is 0 Å². The van der Waals surface area contributed by atoms with Gasteiger partial charge in [-0.2, -0.15) is 0 Å². The second kappa shape index (κ2) is 9.99. The first-order valence-electron chi connectivity index (χ1n) is 11.4. The number of benzene rings is 4. The normalized spacial score (nSPS) is 13.6. The fourth-order valence-electron chi connectivity index (χ4n) is 3.87. The summed E-state index contributed by atoms with van der Waals surface area (Å²) in [6, 6.07) is 29.1. The van der Waals surface area contributed by atoms with Gasteiger partial charge in [-0.25, -0.2) is 0 Å². The highest BCUT2D eigenvalue weighted by atomic mass is 31.2. The van der Waals surface area contributed by atoms with Crippen LogP contribution in [-0.4, -0.2) is 10.2 Å². The SMILES string of the molecule is CC(C)(C)c1ccc(O)c(N=Nc2ccccc2P(=O)(c2ccccc2)c2ccc(CO)cc2)c1. The Labute approximate surface area is 206 Å². The van der Waals surface area contributed by atoms with Crippen molar-refractivity contribution in [2.75, 3.05) is 0 Å². The first-order valence-corrected chi connectivity index (χ1v) is 13.1. The van der Waals surface area contributed by atoms with E-state index in [4.69, 9.17) is 0 Å². The number of phenols is 1. The Hall–Kier alpha value is -3.53. The van der Waals surface area contributed by atoms with Gasteiger partial charge in [0.25, 0.3) is 0 Å². The zero-order valence-corrected chi connectivity index (χ0v) is 21.0. The molecule has 0 bridgehead atoms. The summed E-state index contributed by atoms with van der Waals surface area (Å²) in [5, 5.41) is 30.5. The summed E-state index contributed by atoms with van der Waals surface area (Å²) in [6.45, 7) is 6.19. The molecule has 178 valence electrons. The number of nitrogens with zero attached hydrogens (tertiary/aromatic N) is 2. The molecule has 4 aromatic carbocycles. The fourth-order valence-corrected chi connectivity index (χ4v) is 6.62. The van der Waals surface area contributed by atoms with Crippen LogP contribution in [-0.2, 0) is 16.6 Å². The minimum Gasteiger partial charge on any atom is -0.506 e. The van der Waals surface area contributed by atoms with E-state index in [-0.39, 0.29) is 17.8 Å². The molecule has 0 fully saturated rings. The third kappa shape index (κ3) is 5.12. The van der Waals surface area contributed by atoms with E-state index < -0.39 is 7.14 Å². The van der Waals surface area contributed by atoms with Gasteiger partial charge in [-0.3, -0.25) is 0 Å². The lowest BCUT2D eigenvalue weighted by Crippen LogP contribution is -2.25. The maximum Gasteiger partial charge on any atom is 0.173 e. The molecule has 2 N–H and O–H groups in total. The Morgan fingerprint density at radius 3 is 2.00 bits per heavy atom. The predicted octanol–water partition coefficient (Wildman–Crippen LogP) is 6.24. The molecule has 0 radical (unpaired) electrons. The van der Waals surface area contributed by atoms with Gasteiger partial charge >= 0.3 is 0 Å². The van der Waals surface area contributed by atoms with Gasteiger partial charge in [-0.05, 0) is 40.8 Å². The third-order valence-electron chi connectivity index (χ3n) is 5.93. The molecule has 1 unspecified atom stereocenters. The van der Waals surface area contributed by atoms with Gasteiger partial charge in [0.05, 0.1) is 12.3 Å². The zero-order valence-electron chi connectivity index (χ0n) is 20.1. The van der Waals surface area contributed by atoms with Crippen LogP contribution >= 0.6 is 7.14 Å². The lowest BCUT2D eigenvalue weighted by atomic mass is 9.87. The Bertz CT molecular complexity index is 1390. The molecule has 0 saturated heterocycles. The predicted molar refractivity (Wildman–Crippen MR) is 143 cm³/mol. The first kappa shape index (κ1) is 24.6. The zero-order chi connectivity index (χ0) is 25.1. The van der Waals surface area contributed by atoms with Gasteiger partial charge in [0.15, 0.2) is 7.14 Å². The third-order valence-corrected chi connectivity index (χ3v) is 9.04. The van der Waals surface area contributed by atoms with Crippen molar-refractivity contribution in [3.8, 4) is 5.75 Å². The van der Waals surface area contributed by atoms with Crippen LogP contribution < -0.4 is 15.9 Å². The Morgan fingerprint density at radius 1 is 0.743 bits per heavy atom. The van der Waals surface area contributed by atoms with E-state index in [0.29, 0.717) is 27.3 Å². The molecule has 5 nitrogen and oxygen atoms in total. The quantitative estimate of drug-likeness (QED) is 0.251. The molecule has 4 rings (SSSR count). The molecule has 0 heterocycles. The van der Waals surface area contributed by atoms with Crippen LogP contribution in [0, 0.1) is 0 Å². The van der Waals surface area contributed by atoms with Crippen molar-refractivity contribution in [1.29, 1.82) is 0 Å². The molecule has 35 heavy (non-hydrogen) atoms. The van der Waals surface area contributed by atoms with Gasteiger partial charge in [-0.15, -0.1) is 10.2 Å². The molecule has 0 amide bonds. The Balaban J connectivity index is 1.86. The van der Waals surface area contributed by atoms with Crippen LogP contribution in [0.15, 0.2) is 107 Å². The van der Waals surface area contributed by atoms with Crippen LogP contribution in [0.2, 0.25) is 0 Å². The number of hydrogen-bond acceptors (Lipinski definition) is 5. The molecule has 0 aliphatic carbocycles. The number of phenolic OH excluding ortho intramolecular Hbond substituents is 1. The number of rotatable bonds is 6. The van der Waals surface area contributed by atoms with Crippen molar-refractivity contribution in [2.24, 2.45) is 10.2 Å². The number of hydrogen-bond donors (Lipinski definition) is 2. The maximum absolute atomic E-state index is 14.9. The monoisotopic (exact) mass is 484 g/mol. The number of aromatic hydroxyl groups is 1. The highest BCUT2D eigenvalue weighted by molar-refractivity contribution is 7.85. The second-order valence-electron chi connectivity index (χ2n) is 9.41. The van der Waals surface area contributed by atoms with Gasteiger partial charge in [0.1, 0.15) is 11.4 Å². The maximum atomic E-state index is 14.9. The number of aliphatic hydroxyl groups is 1. The molecule has 0 saturated carbocycles. The summed E-state index contributed by atoms with van der Waals surface area (Å²) >= 11 is 0. The van der Waals surface area contributed by atoms with E-state index in [0.717, 1.165) is 11.1 Å². The van der Waals surface area contributed by atoms with Crippen molar-refractivity contribution in [2.45, 2.75) is 32.8 Å². The standard InChI is InChI=1S/C29H29N2O3P/c1-29(2,3)22-15-18-27(33)26(19-22)31-30-25-11-7-8-12-28(25)35(34,23-9-5-4-6-10-23)24-16-13-21(20-32)14-17-24/h4-19,32-33H,20H2,1-3H3. The fraction of sp³-hybridized carbons (Fsp3) is 0.172. The average molecular weight is 485 g/mol. The largest absolute Gasteiger partial charge is 0.506 e. The van der Waals surface area contributed by atoms with Crippen LogP contribution in [0.25, 0.3) is 0 Å². The molecule has 0 aromatic heterocycles. The molecule has 0 aliphatic rings. The summed E-state index contributed by atoms with van der Waals surface area (Å²) in [5.41, 5.74) is 2.48. The summed E-state index contributed by atoms with van der Waals surface area (Å²) < 4.78 is 14.9. The van der Waals surface area contributed by atoms with Crippen molar-refractivity contribution >= 4 is 34.4 Å². The van der Waals surface area contributed by atoms with Crippen molar-refractivity contribution < 1.29 is 14.8 Å². The lowest BCUT2D eigenvalue weighted by molar-refractivity contribution is 0.282. The molecule has 0 spiro atoms. The highest BCUT2D eigenvalue weighted by Gasteiger charge is 2.32. The van der Waals surface area contributed by atoms with E-state index in [1.165, 1.54) is 0 Å². The van der Waals surface area contributed by atoms with E-state index in [9.17, 15) is 14.8 Å². The molecular weight excluding hydrogens is 455 g/mol. The minimum atomic E-state index is -3.31. The highest BCUT2D eigenvalue weighted by Crippen LogP contribution is 2.45. The van der Waals surface area contributed by atoms with Crippen LogP contribution in [0.4, 0.5) is 11.4 Å². The summed E-state index contributed by atoms with van der Waals surface area (Å²) in [6.07, 6.45) is 0. The van der Waals surface area contributed by atoms with E-state index >= 15 is 0 Å². The van der Waals surface area contributed by atoms with E-state index in [1.807, 2.05) is 60.7 Å². The Morgan fingerprint density at radius 2 is 1.34 bits per heavy atom. The molecule has 1 atom stereocenters. The number of aliphatic hydroxyl groups excluding tert-OH is 1. The lowest BCUT2D eigenvalue weighted by Gasteiger charge is -2.21. The van der Waals surface area contributed by atoms with Crippen LogP contribution in [0.1, 0.15) is 31.9 Å². The van der Waals surface area contributed by atoms with Crippen molar-refractivity contribution in [1.82, 2.24) is 0 Å². The summed E-state index contributed by atoms with van der Waals surface area (Å²) in [5.74, 6) is 0.0325. The van der Waals surface area contributed by atoms with Crippen molar-refractivity contribution in [3.05, 3.63) is 108 Å². The summed E-state index contributed by atoms with van der Waals surface area (Å²) in [7, 11) is -3.31. The smallest absolute Gasteiger partial charge is 0.173 e. The van der Waals surface area contributed by atoms with E-state index in [1.54, 1.807) is 36.4 Å².